The third-order valence-electron chi connectivity index (χ3n) is 0.894. The molecule has 1 aliphatic heterocycles. The van der Waals surface area contributed by atoms with Crippen LogP contribution in [0.1, 0.15) is 13.8 Å². The Kier molecular flexibility index (Phi) is 1.25. The Bertz CT molecular complexity index is 130. The maximum Gasteiger partial charge on any atom is 0.185 e. The molecule has 0 aromatic carbocycles. The molecule has 2 nitrogen and oxygen atoms in total. The van der Waals surface area contributed by atoms with Gasteiger partial charge in [0.15, 0.2) is 5.06 Å². The maximum absolute atomic E-state index is 9.16. The molecule has 0 saturated carbocycles. The fourth-order valence-electron chi connectivity index (χ4n) is 0.628. The number of hydrogen-bond acceptors (Lipinski definition) is 3. The Morgan fingerprint density at radius 1 is 1.88 bits per heavy atom. The van der Waals surface area contributed by atoms with Gasteiger partial charge in [-0.25, -0.2) is 0 Å². The van der Waals surface area contributed by atoms with E-state index >= 15 is 0 Å². The van der Waals surface area contributed by atoms with E-state index in [-0.39, 0.29) is 0 Å². The van der Waals surface area contributed by atoms with Crippen LogP contribution in [0.15, 0.2) is 11.1 Å². The molecule has 2 N–H and O–H groups in total. The van der Waals surface area contributed by atoms with Gasteiger partial charge in [-0.1, -0.05) is 11.8 Å². The number of allylic oxidation sites excluding steroid dienone is 1. The van der Waals surface area contributed by atoms with Crippen molar-refractivity contribution in [3.8, 4) is 0 Å². The quantitative estimate of drug-likeness (QED) is 0.511. The number of hydrogen-bond donors (Lipinski definition) is 2. The van der Waals surface area contributed by atoms with E-state index in [0.717, 1.165) is 5.70 Å². The van der Waals surface area contributed by atoms with Crippen LogP contribution < -0.4 is 5.32 Å². The van der Waals surface area contributed by atoms with Crippen molar-refractivity contribution in [2.75, 3.05) is 0 Å². The van der Waals surface area contributed by atoms with Crippen LogP contribution in [-0.4, -0.2) is 10.2 Å². The molecule has 0 saturated heterocycles. The number of thioether (sulfide) groups is 1. The third kappa shape index (κ3) is 1.17. The maximum atomic E-state index is 9.16. The Balaban J connectivity index is 2.55. The first-order chi connectivity index (χ1) is 3.60. The van der Waals surface area contributed by atoms with Gasteiger partial charge in [-0.3, -0.25) is 0 Å². The number of nitrogens with one attached hydrogen (secondary N) is 1. The van der Waals surface area contributed by atoms with Gasteiger partial charge in [-0.05, 0) is 19.3 Å². The Morgan fingerprint density at radius 2 is 2.50 bits per heavy atom. The van der Waals surface area contributed by atoms with Crippen LogP contribution in [0.25, 0.3) is 0 Å². The molecule has 0 aromatic heterocycles. The minimum atomic E-state index is -0.760. The molecule has 1 heterocycles. The zero-order chi connectivity index (χ0) is 6.20. The first kappa shape index (κ1) is 5.98. The largest absolute Gasteiger partial charge is 0.362 e. The Labute approximate surface area is 53.0 Å². The second kappa shape index (κ2) is 1.67. The van der Waals surface area contributed by atoms with E-state index < -0.39 is 5.06 Å². The summed E-state index contributed by atoms with van der Waals surface area (Å²) in [6.45, 7) is 3.65. The van der Waals surface area contributed by atoms with Crippen LogP contribution in [0.2, 0.25) is 0 Å². The van der Waals surface area contributed by atoms with E-state index in [4.69, 9.17) is 5.11 Å². The summed E-state index contributed by atoms with van der Waals surface area (Å²) in [6, 6.07) is 0. The van der Waals surface area contributed by atoms with E-state index in [1.807, 2.05) is 12.3 Å². The number of aliphatic hydroxyl groups is 1. The minimum absolute atomic E-state index is 0.760. The molecule has 1 atom stereocenters. The van der Waals surface area contributed by atoms with Crippen LogP contribution >= 0.6 is 11.8 Å². The highest BCUT2D eigenvalue weighted by molar-refractivity contribution is 8.03. The van der Waals surface area contributed by atoms with Crippen LogP contribution in [-0.2, 0) is 0 Å². The molecule has 0 fully saturated rings. The molecular weight excluding hydrogens is 122 g/mol. The zero-order valence-corrected chi connectivity index (χ0v) is 5.75. The molecule has 8 heavy (non-hydrogen) atoms. The summed E-state index contributed by atoms with van der Waals surface area (Å²) < 4.78 is 0. The molecule has 1 rings (SSSR count). The van der Waals surface area contributed by atoms with Crippen molar-refractivity contribution in [1.82, 2.24) is 5.32 Å². The van der Waals surface area contributed by atoms with Crippen LogP contribution in [0.5, 0.6) is 0 Å². The van der Waals surface area contributed by atoms with Crippen molar-refractivity contribution in [3.05, 3.63) is 11.1 Å². The van der Waals surface area contributed by atoms with Crippen molar-refractivity contribution in [1.29, 1.82) is 0 Å². The van der Waals surface area contributed by atoms with E-state index in [9.17, 15) is 0 Å². The van der Waals surface area contributed by atoms with Crippen LogP contribution in [0.3, 0.4) is 0 Å². The molecule has 1 aliphatic rings. The highest BCUT2D eigenvalue weighted by atomic mass is 32.2. The average Bonchev–Trinajstić information content (AvgIpc) is 1.82. The Morgan fingerprint density at radius 3 is 2.62 bits per heavy atom. The predicted octanol–water partition coefficient (Wildman–Crippen LogP) is 0.850. The van der Waals surface area contributed by atoms with Crippen molar-refractivity contribution >= 4 is 11.8 Å². The summed E-state index contributed by atoms with van der Waals surface area (Å²) in [4.78, 5) is 0. The van der Waals surface area contributed by atoms with Crippen LogP contribution in [0.4, 0.5) is 0 Å². The lowest BCUT2D eigenvalue weighted by molar-refractivity contribution is 0.136. The fourth-order valence-corrected chi connectivity index (χ4v) is 1.31. The van der Waals surface area contributed by atoms with Gasteiger partial charge < -0.3 is 10.4 Å². The van der Waals surface area contributed by atoms with Crippen molar-refractivity contribution in [2.45, 2.75) is 18.9 Å². The van der Waals surface area contributed by atoms with Gasteiger partial charge in [-0.15, -0.1) is 0 Å². The molecule has 1 unspecified atom stereocenters. The van der Waals surface area contributed by atoms with Gasteiger partial charge in [0.05, 0.1) is 0 Å². The highest BCUT2D eigenvalue weighted by Gasteiger charge is 2.23. The van der Waals surface area contributed by atoms with E-state index in [2.05, 4.69) is 5.32 Å². The summed E-state index contributed by atoms with van der Waals surface area (Å²) >= 11 is 1.39. The smallest absolute Gasteiger partial charge is 0.185 e. The summed E-state index contributed by atoms with van der Waals surface area (Å²) in [5, 5.41) is 13.2. The lowest BCUT2D eigenvalue weighted by Gasteiger charge is -2.15. The second-order valence-electron chi connectivity index (χ2n) is 2.03. The molecule has 0 aliphatic carbocycles. The molecule has 46 valence electrons. The van der Waals surface area contributed by atoms with Gasteiger partial charge in [0.1, 0.15) is 0 Å². The molecule has 0 bridgehead atoms. The molecule has 0 radical (unpaired) electrons. The van der Waals surface area contributed by atoms with Gasteiger partial charge in [0, 0.05) is 5.70 Å². The average molecular weight is 131 g/mol. The lowest BCUT2D eigenvalue weighted by Crippen LogP contribution is -2.32. The molecular formula is C5H9NOS. The molecule has 0 amide bonds. The normalized spacial score (nSPS) is 36.6. The SMILES string of the molecule is CC1=CSC(C)(O)N1. The third-order valence-corrected chi connectivity index (χ3v) is 1.93. The molecule has 0 aromatic rings. The standard InChI is InChI=1S/C5H9NOS/c1-4-3-8-5(2,7)6-4/h3,6-7H,1-2H3. The van der Waals surface area contributed by atoms with Gasteiger partial charge in [-0.2, -0.15) is 0 Å². The summed E-state index contributed by atoms with van der Waals surface area (Å²) in [5.41, 5.74) is 1.03. The van der Waals surface area contributed by atoms with E-state index in [1.54, 1.807) is 6.92 Å². The highest BCUT2D eigenvalue weighted by Crippen LogP contribution is 2.27. The lowest BCUT2D eigenvalue weighted by atomic mass is 10.5. The summed E-state index contributed by atoms with van der Waals surface area (Å²) in [5.74, 6) is 0. The van der Waals surface area contributed by atoms with Gasteiger partial charge >= 0.3 is 0 Å². The first-order valence-corrected chi connectivity index (χ1v) is 3.33. The number of rotatable bonds is 0. The fraction of sp³-hybridized carbons (Fsp3) is 0.600. The van der Waals surface area contributed by atoms with Gasteiger partial charge in [0.2, 0.25) is 0 Å². The van der Waals surface area contributed by atoms with E-state index in [0.29, 0.717) is 0 Å². The zero-order valence-electron chi connectivity index (χ0n) is 4.93. The predicted molar refractivity (Wildman–Crippen MR) is 35.1 cm³/mol. The first-order valence-electron chi connectivity index (χ1n) is 2.45. The topological polar surface area (TPSA) is 32.3 Å². The van der Waals surface area contributed by atoms with Crippen molar-refractivity contribution in [2.24, 2.45) is 0 Å². The summed E-state index contributed by atoms with van der Waals surface area (Å²) in [7, 11) is 0. The Hall–Kier alpha value is -0.150. The van der Waals surface area contributed by atoms with E-state index in [1.165, 1.54) is 11.8 Å². The second-order valence-corrected chi connectivity index (χ2v) is 3.29. The van der Waals surface area contributed by atoms with Crippen LogP contribution in [0, 0.1) is 0 Å². The monoisotopic (exact) mass is 131 g/mol. The van der Waals surface area contributed by atoms with Gasteiger partial charge in [0.25, 0.3) is 0 Å². The van der Waals surface area contributed by atoms with Crippen molar-refractivity contribution in [3.63, 3.8) is 0 Å². The van der Waals surface area contributed by atoms with Crippen molar-refractivity contribution < 1.29 is 5.11 Å². The molecule has 3 heteroatoms. The molecule has 0 spiro atoms. The minimum Gasteiger partial charge on any atom is -0.362 e. The summed E-state index contributed by atoms with van der Waals surface area (Å²) in [6.07, 6.45) is 0.